The average molecular weight is 203 g/mol. The Hall–Kier alpha value is -1.81. The molecule has 1 aliphatic heterocycles. The lowest BCUT2D eigenvalue weighted by Gasteiger charge is -2.07. The van der Waals surface area contributed by atoms with Crippen LogP contribution in [-0.2, 0) is 4.79 Å². The van der Waals surface area contributed by atoms with Crippen molar-refractivity contribution in [1.82, 2.24) is 5.43 Å². The molecule has 0 radical (unpaired) electrons. The number of anilines is 1. The maximum Gasteiger partial charge on any atom is 0.241 e. The predicted molar refractivity (Wildman–Crippen MR) is 59.9 cm³/mol. The maximum absolute atomic E-state index is 10.9. The number of para-hydroxylation sites is 1. The van der Waals surface area contributed by atoms with E-state index in [0.29, 0.717) is 0 Å². The highest BCUT2D eigenvalue weighted by Crippen LogP contribution is 2.27. The molecule has 0 fully saturated rings. The molecule has 4 nitrogen and oxygen atoms in total. The molecule has 2 rings (SSSR count). The predicted octanol–water partition coefficient (Wildman–Crippen LogP) is 0.875. The lowest BCUT2D eigenvalue weighted by molar-refractivity contribution is -0.113. The smallest absolute Gasteiger partial charge is 0.241 e. The van der Waals surface area contributed by atoms with Crippen molar-refractivity contribution in [2.24, 2.45) is 5.73 Å². The van der Waals surface area contributed by atoms with Crippen LogP contribution in [0.3, 0.4) is 0 Å². The standard InChI is InChI=1S/C11H13N3O/c12-11(15)7-8-5-6-13-14-10-4-2-1-3-9(8)10/h1-4,7,13-14H,5-6H2,(H2,12,15). The molecule has 78 valence electrons. The second-order valence-electron chi connectivity index (χ2n) is 3.42. The Morgan fingerprint density at radius 2 is 2.20 bits per heavy atom. The number of hydrogen-bond acceptors (Lipinski definition) is 3. The van der Waals surface area contributed by atoms with Crippen LogP contribution in [0.2, 0.25) is 0 Å². The van der Waals surface area contributed by atoms with E-state index in [9.17, 15) is 4.79 Å². The van der Waals surface area contributed by atoms with Crippen LogP contribution in [-0.4, -0.2) is 12.5 Å². The number of rotatable bonds is 1. The highest BCUT2D eigenvalue weighted by Gasteiger charge is 2.11. The summed E-state index contributed by atoms with van der Waals surface area (Å²) in [5.41, 5.74) is 14.3. The Kier molecular flexibility index (Phi) is 2.69. The van der Waals surface area contributed by atoms with Crippen molar-refractivity contribution in [1.29, 1.82) is 0 Å². The van der Waals surface area contributed by atoms with E-state index in [0.717, 1.165) is 29.8 Å². The maximum atomic E-state index is 10.9. The number of amides is 1. The molecule has 0 unspecified atom stereocenters. The topological polar surface area (TPSA) is 67.2 Å². The summed E-state index contributed by atoms with van der Waals surface area (Å²) in [6.07, 6.45) is 2.28. The molecule has 0 saturated heterocycles. The molecular formula is C11H13N3O. The van der Waals surface area contributed by atoms with Gasteiger partial charge in [0, 0.05) is 18.2 Å². The molecule has 1 aromatic rings. The van der Waals surface area contributed by atoms with Crippen molar-refractivity contribution in [3.8, 4) is 0 Å². The largest absolute Gasteiger partial charge is 0.366 e. The van der Waals surface area contributed by atoms with Gasteiger partial charge in [0.25, 0.3) is 0 Å². The molecule has 0 aliphatic carbocycles. The molecule has 4 N–H and O–H groups in total. The van der Waals surface area contributed by atoms with Gasteiger partial charge in [0.15, 0.2) is 0 Å². The Morgan fingerprint density at radius 1 is 1.40 bits per heavy atom. The summed E-state index contributed by atoms with van der Waals surface area (Å²) in [5, 5.41) is 0. The Morgan fingerprint density at radius 3 is 3.00 bits per heavy atom. The van der Waals surface area contributed by atoms with Gasteiger partial charge >= 0.3 is 0 Å². The van der Waals surface area contributed by atoms with Crippen LogP contribution < -0.4 is 16.6 Å². The Balaban J connectivity index is 2.46. The van der Waals surface area contributed by atoms with Crippen LogP contribution in [0, 0.1) is 0 Å². The zero-order valence-corrected chi connectivity index (χ0v) is 8.29. The molecule has 0 atom stereocenters. The first-order valence-electron chi connectivity index (χ1n) is 4.85. The van der Waals surface area contributed by atoms with Gasteiger partial charge in [-0.2, -0.15) is 0 Å². The molecule has 1 aromatic carbocycles. The minimum Gasteiger partial charge on any atom is -0.366 e. The van der Waals surface area contributed by atoms with Gasteiger partial charge in [0.1, 0.15) is 0 Å². The number of primary amides is 1. The fraction of sp³-hybridized carbons (Fsp3) is 0.182. The molecule has 15 heavy (non-hydrogen) atoms. The monoisotopic (exact) mass is 203 g/mol. The molecule has 0 aromatic heterocycles. The van der Waals surface area contributed by atoms with Crippen molar-refractivity contribution < 1.29 is 4.79 Å². The molecule has 0 spiro atoms. The zero-order chi connectivity index (χ0) is 10.7. The van der Waals surface area contributed by atoms with Gasteiger partial charge in [-0.3, -0.25) is 4.79 Å². The summed E-state index contributed by atoms with van der Waals surface area (Å²) in [6.45, 7) is 0.772. The first-order valence-corrected chi connectivity index (χ1v) is 4.85. The SMILES string of the molecule is NC(=O)C=C1CCNNc2ccccc21. The minimum atomic E-state index is -0.401. The molecule has 0 bridgehead atoms. The normalized spacial score (nSPS) is 17.7. The highest BCUT2D eigenvalue weighted by atomic mass is 16.1. The summed E-state index contributed by atoms with van der Waals surface area (Å²) in [5.74, 6) is -0.401. The number of fused-ring (bicyclic) bond motifs is 1. The number of nitrogens with one attached hydrogen (secondary N) is 2. The van der Waals surface area contributed by atoms with Crippen LogP contribution >= 0.6 is 0 Å². The van der Waals surface area contributed by atoms with E-state index in [1.54, 1.807) is 0 Å². The van der Waals surface area contributed by atoms with Crippen molar-refractivity contribution in [2.75, 3.05) is 12.0 Å². The van der Waals surface area contributed by atoms with Crippen LogP contribution in [0.4, 0.5) is 5.69 Å². The third-order valence-electron chi connectivity index (χ3n) is 2.33. The third kappa shape index (κ3) is 2.16. The Bertz CT molecular complexity index is 412. The van der Waals surface area contributed by atoms with Crippen molar-refractivity contribution >= 4 is 17.2 Å². The summed E-state index contributed by atoms with van der Waals surface area (Å²) < 4.78 is 0. The molecule has 1 heterocycles. The van der Waals surface area contributed by atoms with Gasteiger partial charge in [-0.05, 0) is 18.1 Å². The first-order chi connectivity index (χ1) is 7.27. The number of nitrogens with two attached hydrogens (primary N) is 1. The molecule has 1 amide bonds. The van der Waals surface area contributed by atoms with Gasteiger partial charge in [0.2, 0.25) is 5.91 Å². The lowest BCUT2D eigenvalue weighted by atomic mass is 10.0. The second-order valence-corrected chi connectivity index (χ2v) is 3.42. The fourth-order valence-corrected chi connectivity index (χ4v) is 1.68. The average Bonchev–Trinajstić information content (AvgIpc) is 2.41. The fourth-order valence-electron chi connectivity index (χ4n) is 1.68. The molecule has 0 saturated carbocycles. The number of hydrogen-bond donors (Lipinski definition) is 3. The third-order valence-corrected chi connectivity index (χ3v) is 2.33. The van der Waals surface area contributed by atoms with Crippen molar-refractivity contribution in [2.45, 2.75) is 6.42 Å². The van der Waals surface area contributed by atoms with E-state index in [2.05, 4.69) is 10.9 Å². The molecular weight excluding hydrogens is 190 g/mol. The minimum absolute atomic E-state index is 0.401. The van der Waals surface area contributed by atoms with E-state index in [4.69, 9.17) is 5.73 Å². The van der Waals surface area contributed by atoms with Gasteiger partial charge in [-0.25, -0.2) is 5.43 Å². The van der Waals surface area contributed by atoms with E-state index in [1.807, 2.05) is 24.3 Å². The quantitative estimate of drug-likeness (QED) is 0.593. The zero-order valence-electron chi connectivity index (χ0n) is 8.29. The van der Waals surface area contributed by atoms with Crippen LogP contribution in [0.15, 0.2) is 30.3 Å². The van der Waals surface area contributed by atoms with Crippen LogP contribution in [0.5, 0.6) is 0 Å². The second kappa shape index (κ2) is 4.14. The van der Waals surface area contributed by atoms with E-state index >= 15 is 0 Å². The number of carbonyl (C=O) groups is 1. The first kappa shape index (κ1) is 9.73. The van der Waals surface area contributed by atoms with E-state index < -0.39 is 5.91 Å². The van der Waals surface area contributed by atoms with E-state index in [1.165, 1.54) is 6.08 Å². The summed E-state index contributed by atoms with van der Waals surface area (Å²) in [6, 6.07) is 7.83. The van der Waals surface area contributed by atoms with Gasteiger partial charge in [-0.15, -0.1) is 0 Å². The molecule has 4 heteroatoms. The van der Waals surface area contributed by atoms with Gasteiger partial charge in [0.05, 0.1) is 5.69 Å². The van der Waals surface area contributed by atoms with Gasteiger partial charge in [-0.1, -0.05) is 18.2 Å². The van der Waals surface area contributed by atoms with Crippen LogP contribution in [0.1, 0.15) is 12.0 Å². The number of carbonyl (C=O) groups excluding carboxylic acids is 1. The number of benzene rings is 1. The van der Waals surface area contributed by atoms with Crippen molar-refractivity contribution in [3.63, 3.8) is 0 Å². The number of hydrazine groups is 1. The van der Waals surface area contributed by atoms with Crippen molar-refractivity contribution in [3.05, 3.63) is 35.9 Å². The Labute approximate surface area is 88.1 Å². The highest BCUT2D eigenvalue weighted by molar-refractivity contribution is 5.95. The summed E-state index contributed by atoms with van der Waals surface area (Å²) in [7, 11) is 0. The van der Waals surface area contributed by atoms with Gasteiger partial charge < -0.3 is 11.2 Å². The summed E-state index contributed by atoms with van der Waals surface area (Å²) in [4.78, 5) is 10.9. The van der Waals surface area contributed by atoms with E-state index in [-0.39, 0.29) is 0 Å². The lowest BCUT2D eigenvalue weighted by Crippen LogP contribution is -2.20. The summed E-state index contributed by atoms with van der Waals surface area (Å²) >= 11 is 0. The van der Waals surface area contributed by atoms with Crippen LogP contribution in [0.25, 0.3) is 5.57 Å². The molecule has 1 aliphatic rings.